The molecule has 1 fully saturated rings. The average Bonchev–Trinajstić information content (AvgIpc) is 3.25. The molecule has 1 aliphatic rings. The maximum Gasteiger partial charge on any atom is 0.325 e. The summed E-state index contributed by atoms with van der Waals surface area (Å²) in [6, 6.07) is 5.86. The summed E-state index contributed by atoms with van der Waals surface area (Å²) >= 11 is 0. The topological polar surface area (TPSA) is 72.2 Å². The number of nitrogens with zero attached hydrogens (tertiary/aromatic N) is 2. The minimum Gasteiger partial charge on any atom is -0.480 e. The van der Waals surface area contributed by atoms with Crippen LogP contribution in [0.2, 0.25) is 0 Å². The molecule has 110 valence electrons. The quantitative estimate of drug-likeness (QED) is 0.937. The van der Waals surface area contributed by atoms with E-state index in [0.29, 0.717) is 11.3 Å². The van der Waals surface area contributed by atoms with Crippen molar-refractivity contribution in [2.24, 2.45) is 0 Å². The van der Waals surface area contributed by atoms with Gasteiger partial charge in [-0.15, -0.1) is 0 Å². The Morgan fingerprint density at radius 1 is 1.38 bits per heavy atom. The molecular formula is C16H18N2O3. The van der Waals surface area contributed by atoms with E-state index in [-0.39, 0.29) is 11.5 Å². The van der Waals surface area contributed by atoms with E-state index in [1.54, 1.807) is 0 Å². The molecule has 1 aliphatic carbocycles. The van der Waals surface area contributed by atoms with Crippen molar-refractivity contribution in [3.8, 4) is 0 Å². The Kier molecular flexibility index (Phi) is 3.27. The van der Waals surface area contributed by atoms with Gasteiger partial charge in [0.1, 0.15) is 6.54 Å². The first kappa shape index (κ1) is 13.8. The third-order valence-corrected chi connectivity index (χ3v) is 3.89. The van der Waals surface area contributed by atoms with Crippen LogP contribution in [0.4, 0.5) is 0 Å². The molecule has 0 aliphatic heterocycles. The van der Waals surface area contributed by atoms with E-state index in [4.69, 9.17) is 5.11 Å². The fourth-order valence-corrected chi connectivity index (χ4v) is 2.66. The summed E-state index contributed by atoms with van der Waals surface area (Å²) in [5.74, 6) is -0.327. The molecular weight excluding hydrogens is 268 g/mol. The Bertz CT molecular complexity index is 773. The molecule has 2 aromatic rings. The summed E-state index contributed by atoms with van der Waals surface area (Å²) in [6.45, 7) is 3.60. The zero-order valence-corrected chi connectivity index (χ0v) is 12.2. The van der Waals surface area contributed by atoms with Gasteiger partial charge in [0.25, 0.3) is 5.56 Å². The third-order valence-electron chi connectivity index (χ3n) is 3.89. The van der Waals surface area contributed by atoms with Crippen LogP contribution in [0.1, 0.15) is 49.8 Å². The van der Waals surface area contributed by atoms with E-state index in [2.05, 4.69) is 11.2 Å². The fraction of sp³-hybridized carbons (Fsp3) is 0.438. The molecule has 0 saturated heterocycles. The van der Waals surface area contributed by atoms with Crippen molar-refractivity contribution in [2.75, 3.05) is 0 Å². The second kappa shape index (κ2) is 4.98. The van der Waals surface area contributed by atoms with Crippen LogP contribution >= 0.6 is 0 Å². The Labute approximate surface area is 122 Å². The van der Waals surface area contributed by atoms with Crippen LogP contribution in [0.5, 0.6) is 0 Å². The Morgan fingerprint density at radius 3 is 2.67 bits per heavy atom. The highest BCUT2D eigenvalue weighted by atomic mass is 16.4. The van der Waals surface area contributed by atoms with Crippen LogP contribution in [0.3, 0.4) is 0 Å². The average molecular weight is 286 g/mol. The van der Waals surface area contributed by atoms with Gasteiger partial charge < -0.3 is 5.11 Å². The lowest BCUT2D eigenvalue weighted by atomic mass is 9.99. The SMILES string of the molecule is CC(C)c1nn(CC(=O)O)c(=O)c2ccc(C3CC3)cc12. The van der Waals surface area contributed by atoms with Crippen LogP contribution in [-0.2, 0) is 11.3 Å². The van der Waals surface area contributed by atoms with Crippen LogP contribution in [0.25, 0.3) is 10.8 Å². The first-order valence-electron chi connectivity index (χ1n) is 7.24. The smallest absolute Gasteiger partial charge is 0.325 e. The van der Waals surface area contributed by atoms with Crippen molar-refractivity contribution in [1.29, 1.82) is 0 Å². The number of hydrogen-bond acceptors (Lipinski definition) is 3. The van der Waals surface area contributed by atoms with Crippen LogP contribution in [-0.4, -0.2) is 20.9 Å². The molecule has 3 rings (SSSR count). The third kappa shape index (κ3) is 2.55. The van der Waals surface area contributed by atoms with Gasteiger partial charge in [0.05, 0.1) is 11.1 Å². The number of fused-ring (bicyclic) bond motifs is 1. The molecule has 0 bridgehead atoms. The number of carbonyl (C=O) groups is 1. The van der Waals surface area contributed by atoms with Crippen molar-refractivity contribution in [3.63, 3.8) is 0 Å². The lowest BCUT2D eigenvalue weighted by Crippen LogP contribution is -2.28. The van der Waals surface area contributed by atoms with Crippen molar-refractivity contribution >= 4 is 16.7 Å². The highest BCUT2D eigenvalue weighted by Gasteiger charge is 2.24. The zero-order valence-electron chi connectivity index (χ0n) is 12.2. The second-order valence-electron chi connectivity index (χ2n) is 5.98. The molecule has 21 heavy (non-hydrogen) atoms. The van der Waals surface area contributed by atoms with Crippen LogP contribution in [0, 0.1) is 0 Å². The minimum atomic E-state index is -1.06. The Morgan fingerprint density at radius 2 is 2.10 bits per heavy atom. The van der Waals surface area contributed by atoms with Crippen LogP contribution < -0.4 is 5.56 Å². The lowest BCUT2D eigenvalue weighted by Gasteiger charge is -2.13. The number of aromatic nitrogens is 2. The number of hydrogen-bond donors (Lipinski definition) is 1. The fourth-order valence-electron chi connectivity index (χ4n) is 2.66. The number of rotatable bonds is 4. The molecule has 0 unspecified atom stereocenters. The van der Waals surface area contributed by atoms with Gasteiger partial charge in [-0.2, -0.15) is 5.10 Å². The van der Waals surface area contributed by atoms with Crippen molar-refractivity contribution in [2.45, 2.75) is 45.1 Å². The van der Waals surface area contributed by atoms with Gasteiger partial charge >= 0.3 is 5.97 Å². The number of carboxylic acid groups (broad SMARTS) is 1. The summed E-state index contributed by atoms with van der Waals surface area (Å²) < 4.78 is 1.05. The molecule has 1 aromatic heterocycles. The van der Waals surface area contributed by atoms with Gasteiger partial charge in [-0.25, -0.2) is 4.68 Å². The van der Waals surface area contributed by atoms with Crippen molar-refractivity contribution < 1.29 is 9.90 Å². The summed E-state index contributed by atoms with van der Waals surface area (Å²) in [6.07, 6.45) is 2.40. The van der Waals surface area contributed by atoms with E-state index in [1.807, 2.05) is 26.0 Å². The van der Waals surface area contributed by atoms with Gasteiger partial charge in [-0.3, -0.25) is 9.59 Å². The van der Waals surface area contributed by atoms with E-state index >= 15 is 0 Å². The summed E-state index contributed by atoms with van der Waals surface area (Å²) in [4.78, 5) is 23.3. The predicted octanol–water partition coefficient (Wildman–Crippen LogP) is 2.48. The van der Waals surface area contributed by atoms with E-state index in [9.17, 15) is 9.59 Å². The molecule has 0 radical (unpaired) electrons. The van der Waals surface area contributed by atoms with Crippen LogP contribution in [0.15, 0.2) is 23.0 Å². The standard InChI is InChI=1S/C16H18N2O3/c1-9(2)15-13-7-11(10-3-4-10)5-6-12(13)16(21)18(17-15)8-14(19)20/h5-7,9-10H,3-4,8H2,1-2H3,(H,19,20). The molecule has 0 spiro atoms. The molecule has 1 heterocycles. The molecule has 0 atom stereocenters. The molecule has 5 nitrogen and oxygen atoms in total. The highest BCUT2D eigenvalue weighted by molar-refractivity contribution is 5.85. The predicted molar refractivity (Wildman–Crippen MR) is 79.7 cm³/mol. The normalized spacial score (nSPS) is 14.8. The molecule has 1 saturated carbocycles. The molecule has 0 amide bonds. The van der Waals surface area contributed by atoms with E-state index < -0.39 is 12.5 Å². The maximum atomic E-state index is 12.4. The zero-order chi connectivity index (χ0) is 15.1. The van der Waals surface area contributed by atoms with E-state index in [0.717, 1.165) is 15.8 Å². The lowest BCUT2D eigenvalue weighted by molar-refractivity contribution is -0.138. The largest absolute Gasteiger partial charge is 0.480 e. The monoisotopic (exact) mass is 286 g/mol. The summed E-state index contributed by atoms with van der Waals surface area (Å²) in [7, 11) is 0. The second-order valence-corrected chi connectivity index (χ2v) is 5.98. The first-order valence-corrected chi connectivity index (χ1v) is 7.24. The summed E-state index contributed by atoms with van der Waals surface area (Å²) in [5.41, 5.74) is 1.70. The molecule has 1 N–H and O–H groups in total. The van der Waals surface area contributed by atoms with Gasteiger partial charge in [-0.1, -0.05) is 19.9 Å². The Hall–Kier alpha value is -2.17. The van der Waals surface area contributed by atoms with E-state index in [1.165, 1.54) is 18.4 Å². The number of benzene rings is 1. The van der Waals surface area contributed by atoms with Crippen molar-refractivity contribution in [1.82, 2.24) is 9.78 Å². The maximum absolute atomic E-state index is 12.4. The van der Waals surface area contributed by atoms with Gasteiger partial charge in [-0.05, 0) is 42.4 Å². The van der Waals surface area contributed by atoms with Crippen molar-refractivity contribution in [3.05, 3.63) is 39.8 Å². The Balaban J connectivity index is 2.25. The molecule has 5 heteroatoms. The summed E-state index contributed by atoms with van der Waals surface area (Å²) in [5, 5.41) is 14.6. The molecule has 1 aromatic carbocycles. The minimum absolute atomic E-state index is 0.127. The van der Waals surface area contributed by atoms with Gasteiger partial charge in [0, 0.05) is 5.39 Å². The highest BCUT2D eigenvalue weighted by Crippen LogP contribution is 2.41. The first-order chi connectivity index (χ1) is 9.97. The number of carboxylic acids is 1. The van der Waals surface area contributed by atoms with Gasteiger partial charge in [0.2, 0.25) is 0 Å². The number of aliphatic carboxylic acids is 1. The van der Waals surface area contributed by atoms with Gasteiger partial charge in [0.15, 0.2) is 0 Å².